The Labute approximate surface area is 761 Å². The molecule has 0 heterocycles. The molecule has 684 valence electrons. The van der Waals surface area contributed by atoms with Crippen LogP contribution in [-0.2, 0) is 242 Å². The molecule has 0 bridgehead atoms. The largest absolute Gasteiger partial charge is 6.00 e. The fourth-order valence-corrected chi connectivity index (χ4v) is 11.0. The number of hydrogen-bond donors (Lipinski definition) is 0. The summed E-state index contributed by atoms with van der Waals surface area (Å²) in [5.74, 6) is 0. The van der Waals surface area contributed by atoms with Crippen LogP contribution >= 0.6 is 0 Å². The van der Waals surface area contributed by atoms with Crippen molar-refractivity contribution in [3.05, 3.63) is 0 Å². The van der Waals surface area contributed by atoms with E-state index in [1.54, 1.807) is 6.92 Å². The van der Waals surface area contributed by atoms with Gasteiger partial charge in [0.05, 0.1) is 105 Å². The molecule has 0 aliphatic carbocycles. The maximum atomic E-state index is 10.2. The second-order valence-corrected chi connectivity index (χ2v) is 24.9. The number of halogens is 1. The second kappa shape index (κ2) is 172. The van der Waals surface area contributed by atoms with Crippen molar-refractivity contribution in [2.75, 3.05) is 125 Å². The molecule has 0 aromatic carbocycles. The quantitative estimate of drug-likeness (QED) is 0.0420. The molecule has 0 aromatic rings. The van der Waals surface area contributed by atoms with Crippen molar-refractivity contribution < 1.29 is 309 Å². The van der Waals surface area contributed by atoms with Crippen molar-refractivity contribution >= 4 is 0 Å². The average molecular weight is 2150 g/mol. The Kier molecular flexibility index (Phi) is 367. The summed E-state index contributed by atoms with van der Waals surface area (Å²) in [6, 6.07) is 0. The predicted molar refractivity (Wildman–Crippen MR) is 363 cm³/mol. The van der Waals surface area contributed by atoms with Gasteiger partial charge < -0.3 is 165 Å². The van der Waals surface area contributed by atoms with E-state index >= 15 is 0 Å². The maximum absolute atomic E-state index is 10.2. The molecule has 0 saturated heterocycles. The zero-order valence-corrected chi connectivity index (χ0v) is 84.1. The Morgan fingerprint density at radius 2 is 0.245 bits per heavy atom. The molecule has 0 aliphatic rings. The Bertz CT molecular complexity index is 868. The first-order valence-electron chi connectivity index (χ1n) is 35.4. The molecule has 0 aliphatic heterocycles. The van der Waals surface area contributed by atoms with E-state index in [4.69, 9.17) is 0 Å². The summed E-state index contributed by atoms with van der Waals surface area (Å²) < 4.78 is 5.68. The van der Waals surface area contributed by atoms with E-state index in [0.717, 1.165) is 0 Å². The summed E-state index contributed by atoms with van der Waals surface area (Å²) in [7, 11) is 0. The predicted octanol–water partition coefficient (Wildman–Crippen LogP) is 11.8. The minimum absolute atomic E-state index is 0. The van der Waals surface area contributed by atoms with Gasteiger partial charge in [0.15, 0.2) is 0 Å². The zero-order valence-electron chi connectivity index (χ0n) is 69.2. The molecular formula is C70H158BrCrMo6N4O24-33. The minimum Gasteiger partial charge on any atom is -2.00 e. The third kappa shape index (κ3) is 134. The normalized spacial score (nSPS) is 8.72. The molecule has 106 heavy (non-hydrogen) atoms. The molecular weight excluding hydrogens is 1990 g/mol. The van der Waals surface area contributed by atoms with Gasteiger partial charge in [-0.05, 0) is 103 Å². The maximum Gasteiger partial charge on any atom is 6.00 e. The molecule has 0 unspecified atom stereocenters. The van der Waals surface area contributed by atoms with Crippen LogP contribution in [0.15, 0.2) is 0 Å². The van der Waals surface area contributed by atoms with Crippen molar-refractivity contribution in [1.29, 1.82) is 0 Å². The fourth-order valence-electron chi connectivity index (χ4n) is 11.0. The molecule has 28 nitrogen and oxygen atoms in total. The van der Waals surface area contributed by atoms with Gasteiger partial charge in [0.25, 0.3) is 0 Å². The van der Waals surface area contributed by atoms with Crippen LogP contribution in [0.4, 0.5) is 0 Å². The van der Waals surface area contributed by atoms with Gasteiger partial charge in [0, 0.05) is 126 Å². The number of rotatable bonds is 52. The molecule has 0 saturated carbocycles. The summed E-state index contributed by atoms with van der Waals surface area (Å²) in [6.45, 7) is 60.2. The van der Waals surface area contributed by atoms with Crippen molar-refractivity contribution in [2.24, 2.45) is 5.41 Å². The minimum atomic E-state index is -1.00. The van der Waals surface area contributed by atoms with E-state index in [1.165, 1.54) is 328 Å². The standard InChI is InChI=1S/4C16H36N.C6H11O3.BrH.Cr.6Mo.3H2O.18O/c4*1-5-9-13-17(14-10-6-2,15-11-7-3)16-12-8-4;1-2-6(3-7,4-8)5-9;;;;;;;;;;;;;;;;;;;;;;;;;;;;;/h4*5-16H2,1-4H3;2-5H2,1H3;1H;;;;;;;;3*1H2;;;;;;;;;;;;;;;;;;/q4*+1;-3;;+6;;;;;;;;;;18*-2/p-4. The average Bonchev–Trinajstić information content (AvgIpc) is 3.47. The van der Waals surface area contributed by atoms with Gasteiger partial charge in [-0.25, -0.2) is 0 Å². The summed E-state index contributed by atoms with van der Waals surface area (Å²) in [6.07, 6.45) is 44.7. The Morgan fingerprint density at radius 3 is 0.274 bits per heavy atom. The van der Waals surface area contributed by atoms with Gasteiger partial charge >= 0.3 is 17.4 Å². The molecule has 0 atom stereocenters. The van der Waals surface area contributed by atoms with Crippen LogP contribution < -0.4 is 32.3 Å². The van der Waals surface area contributed by atoms with Crippen molar-refractivity contribution in [2.45, 2.75) is 330 Å². The van der Waals surface area contributed by atoms with Gasteiger partial charge in [-0.3, -0.25) is 0 Å². The molecule has 0 fully saturated rings. The Hall–Kier alpha value is 4.02. The van der Waals surface area contributed by atoms with Crippen LogP contribution in [0.2, 0.25) is 0 Å². The van der Waals surface area contributed by atoms with Crippen LogP contribution in [0.3, 0.4) is 0 Å². The van der Waals surface area contributed by atoms with Crippen LogP contribution in [-0.4, -0.2) is 159 Å². The number of unbranched alkanes of at least 4 members (excludes halogenated alkanes) is 16. The first-order valence-corrected chi connectivity index (χ1v) is 35.4. The Balaban J connectivity index is -0.0000000180. The summed E-state index contributed by atoms with van der Waals surface area (Å²) in [4.78, 5) is 0. The molecule has 0 radical (unpaired) electrons. The van der Waals surface area contributed by atoms with Crippen LogP contribution in [0.25, 0.3) is 0 Å². The summed E-state index contributed by atoms with van der Waals surface area (Å²) in [5.41, 5.74) is -1.00. The van der Waals surface area contributed by atoms with Crippen molar-refractivity contribution in [1.82, 2.24) is 0 Å². The number of hydrogen-bond acceptors (Lipinski definition) is 6. The summed E-state index contributed by atoms with van der Waals surface area (Å²) in [5, 5.41) is 30.7. The Morgan fingerprint density at radius 1 is 0.179 bits per heavy atom. The third-order valence-corrected chi connectivity index (χ3v) is 17.4. The molecule has 36 heteroatoms. The van der Waals surface area contributed by atoms with E-state index in [9.17, 15) is 15.3 Å². The van der Waals surface area contributed by atoms with Crippen molar-refractivity contribution in [3.63, 3.8) is 0 Å². The van der Waals surface area contributed by atoms with E-state index in [2.05, 4.69) is 111 Å². The summed E-state index contributed by atoms with van der Waals surface area (Å²) >= 11 is 0. The molecule has 0 spiro atoms. The zero-order chi connectivity index (χ0) is 59.3. The van der Waals surface area contributed by atoms with E-state index in [1.807, 2.05) is 0 Å². The topological polar surface area (TPSA) is 672 Å². The molecule has 0 amide bonds. The molecule has 3 N–H and O–H groups in total. The van der Waals surface area contributed by atoms with Crippen molar-refractivity contribution in [3.8, 4) is 0 Å². The van der Waals surface area contributed by atoms with Gasteiger partial charge in [-0.15, -0.1) is 19.8 Å². The van der Waals surface area contributed by atoms with Gasteiger partial charge in [-0.2, -0.15) is 0 Å². The first kappa shape index (κ1) is 226. The first-order chi connectivity index (χ1) is 37.2. The van der Waals surface area contributed by atoms with Gasteiger partial charge in [-0.1, -0.05) is 232 Å². The number of nitrogens with zero attached hydrogens (tertiary/aromatic N) is 4. The fraction of sp³-hybridized carbons (Fsp3) is 1.00. The smallest absolute Gasteiger partial charge is 2.00 e. The van der Waals surface area contributed by atoms with Gasteiger partial charge in [0.2, 0.25) is 0 Å². The van der Waals surface area contributed by atoms with Crippen LogP contribution in [0.5, 0.6) is 0 Å². The second-order valence-electron chi connectivity index (χ2n) is 24.9. The molecule has 0 aromatic heterocycles. The number of quaternary nitrogens is 4. The van der Waals surface area contributed by atoms with E-state index in [0.29, 0.717) is 6.42 Å². The van der Waals surface area contributed by atoms with E-state index < -0.39 is 25.2 Å². The van der Waals surface area contributed by atoms with Gasteiger partial charge in [0.1, 0.15) is 0 Å². The SMILES string of the molecule is CCC(C[O-])(C[O-])C[O-].CCCC[N+](CCCC)(CCCC)CCCC.CCCC[N+](CCCC)(CCCC)CCCC.CCCC[N+](CCCC)(CCCC)CCCC.CCCC[N+](CCCC)(CCCC)CCCC.[Br-].[Cr+6].[Mo].[Mo].[Mo].[Mo].[Mo].[Mo].[O-2].[O-2].[O-2].[O-2].[O-2].[O-2].[O-2].[O-2].[O-2].[O-2].[O-2].[O-2].[O-2].[O-2].[O-2].[O-2].[O-2].[O-2].[OH-].[OH-].[OH-]. The van der Waals surface area contributed by atoms with Crippen LogP contribution in [0, 0.1) is 5.41 Å². The molecule has 0 rings (SSSR count). The van der Waals surface area contributed by atoms with E-state index in [-0.39, 0.29) is 276 Å². The monoisotopic (exact) mass is 2160 g/mol. The van der Waals surface area contributed by atoms with Crippen LogP contribution in [0.1, 0.15) is 330 Å². The third-order valence-electron chi connectivity index (χ3n) is 17.4.